The van der Waals surface area contributed by atoms with Gasteiger partial charge in [-0.1, -0.05) is 35.3 Å². The Hall–Kier alpha value is -2.80. The van der Waals surface area contributed by atoms with Gasteiger partial charge in [-0.05, 0) is 61.5 Å². The van der Waals surface area contributed by atoms with Gasteiger partial charge in [0, 0.05) is 27.5 Å². The number of carbonyl (C=O) groups excluding carboxylic acids is 1. The number of ether oxygens (including phenoxy) is 1. The number of halogens is 2. The van der Waals surface area contributed by atoms with Crippen molar-refractivity contribution in [1.29, 1.82) is 0 Å². The fourth-order valence-electron chi connectivity index (χ4n) is 3.34. The van der Waals surface area contributed by atoms with Crippen LogP contribution in [-0.2, 0) is 9.84 Å². The van der Waals surface area contributed by atoms with Crippen LogP contribution in [0.15, 0.2) is 82.7 Å². The van der Waals surface area contributed by atoms with Crippen LogP contribution in [0.4, 0.5) is 11.4 Å². The summed E-state index contributed by atoms with van der Waals surface area (Å²) < 4.78 is 32.0. The molecule has 0 aliphatic carbocycles. The molecule has 158 valence electrons. The second-order valence-corrected chi connectivity index (χ2v) is 9.51. The van der Waals surface area contributed by atoms with Crippen LogP contribution in [0.1, 0.15) is 17.3 Å². The Morgan fingerprint density at radius 2 is 1.61 bits per heavy atom. The highest BCUT2D eigenvalue weighted by molar-refractivity contribution is 7.96. The number of ketones is 1. The molecule has 1 aliphatic heterocycles. The molecule has 0 unspecified atom stereocenters. The number of fused-ring (bicyclic) bond motifs is 1. The Morgan fingerprint density at radius 3 is 2.26 bits per heavy atom. The predicted molar refractivity (Wildman–Crippen MR) is 122 cm³/mol. The largest absolute Gasteiger partial charge is 0.494 e. The first kappa shape index (κ1) is 21.4. The molecule has 3 aromatic rings. The summed E-state index contributed by atoms with van der Waals surface area (Å²) in [6, 6.07) is 17.7. The van der Waals surface area contributed by atoms with Gasteiger partial charge in [0.05, 0.1) is 17.2 Å². The zero-order chi connectivity index (χ0) is 22.2. The van der Waals surface area contributed by atoms with Gasteiger partial charge in [0.15, 0.2) is 0 Å². The van der Waals surface area contributed by atoms with Gasteiger partial charge in [-0.3, -0.25) is 4.79 Å². The number of anilines is 2. The third-order valence-corrected chi connectivity index (χ3v) is 6.96. The van der Waals surface area contributed by atoms with Crippen molar-refractivity contribution in [3.05, 3.63) is 93.4 Å². The molecule has 1 heterocycles. The standard InChI is InChI=1S/C23H17Cl2NO4S/c1-2-30-19-9-7-15(8-10-19)23(27)22-14-26(18-12-16(24)11-17(25)13-18)20-5-3-4-6-21(20)31(22,28)29/h3-14H,2H2,1H3. The monoisotopic (exact) mass is 473 g/mol. The van der Waals surface area contributed by atoms with E-state index in [1.807, 2.05) is 6.92 Å². The Morgan fingerprint density at radius 1 is 0.968 bits per heavy atom. The van der Waals surface area contributed by atoms with Crippen molar-refractivity contribution in [2.45, 2.75) is 11.8 Å². The molecule has 31 heavy (non-hydrogen) atoms. The number of carbonyl (C=O) groups is 1. The summed E-state index contributed by atoms with van der Waals surface area (Å²) in [6.07, 6.45) is 1.32. The zero-order valence-corrected chi connectivity index (χ0v) is 18.7. The number of hydrogen-bond donors (Lipinski definition) is 0. The molecule has 0 N–H and O–H groups in total. The quantitative estimate of drug-likeness (QED) is 0.422. The Bertz CT molecular complexity index is 1280. The van der Waals surface area contributed by atoms with Gasteiger partial charge in [0.1, 0.15) is 10.7 Å². The normalized spacial score (nSPS) is 14.5. The van der Waals surface area contributed by atoms with E-state index in [4.69, 9.17) is 27.9 Å². The minimum Gasteiger partial charge on any atom is -0.494 e. The summed E-state index contributed by atoms with van der Waals surface area (Å²) in [6.45, 7) is 2.34. The second kappa shape index (κ2) is 8.38. The van der Waals surface area contributed by atoms with Gasteiger partial charge in [-0.25, -0.2) is 8.42 Å². The Labute approximate surface area is 190 Å². The summed E-state index contributed by atoms with van der Waals surface area (Å²) in [7, 11) is -4.04. The lowest BCUT2D eigenvalue weighted by molar-refractivity contribution is 0.104. The van der Waals surface area contributed by atoms with Gasteiger partial charge in [0.25, 0.3) is 0 Å². The number of benzene rings is 3. The number of Topliss-reactive ketones (excluding diaryl/α,β-unsaturated/α-hetero) is 1. The molecule has 3 aromatic carbocycles. The molecule has 8 heteroatoms. The number of nitrogens with zero attached hydrogens (tertiary/aromatic N) is 1. The van der Waals surface area contributed by atoms with Crippen LogP contribution >= 0.6 is 23.2 Å². The van der Waals surface area contributed by atoms with E-state index >= 15 is 0 Å². The predicted octanol–water partition coefficient (Wildman–Crippen LogP) is 6.04. The van der Waals surface area contributed by atoms with E-state index in [2.05, 4.69) is 0 Å². The van der Waals surface area contributed by atoms with Crippen molar-refractivity contribution in [3.8, 4) is 5.75 Å². The minimum atomic E-state index is -4.04. The van der Waals surface area contributed by atoms with E-state index in [0.29, 0.717) is 33.8 Å². The van der Waals surface area contributed by atoms with E-state index in [-0.39, 0.29) is 15.4 Å². The smallest absolute Gasteiger partial charge is 0.214 e. The Kier molecular flexibility index (Phi) is 5.79. The zero-order valence-electron chi connectivity index (χ0n) is 16.4. The molecule has 0 saturated heterocycles. The van der Waals surface area contributed by atoms with E-state index in [0.717, 1.165) is 0 Å². The lowest BCUT2D eigenvalue weighted by Gasteiger charge is -2.29. The third-order valence-electron chi connectivity index (χ3n) is 4.73. The molecule has 0 atom stereocenters. The van der Waals surface area contributed by atoms with Crippen molar-refractivity contribution in [1.82, 2.24) is 0 Å². The summed E-state index contributed by atoms with van der Waals surface area (Å²) >= 11 is 12.3. The number of sulfone groups is 1. The molecule has 4 rings (SSSR count). The fourth-order valence-corrected chi connectivity index (χ4v) is 5.40. The Balaban J connectivity index is 1.86. The maximum atomic E-state index is 13.3. The SMILES string of the molecule is CCOc1ccc(C(=O)C2=CN(c3cc(Cl)cc(Cl)c3)c3ccccc3S2(=O)=O)cc1. The van der Waals surface area contributed by atoms with Crippen LogP contribution in [0.25, 0.3) is 0 Å². The van der Waals surface area contributed by atoms with E-state index in [9.17, 15) is 13.2 Å². The van der Waals surface area contributed by atoms with Crippen molar-refractivity contribution in [3.63, 3.8) is 0 Å². The average molecular weight is 474 g/mol. The van der Waals surface area contributed by atoms with E-state index < -0.39 is 15.6 Å². The first-order valence-corrected chi connectivity index (χ1v) is 11.6. The first-order valence-electron chi connectivity index (χ1n) is 9.40. The number of allylic oxidation sites excluding steroid dienone is 1. The molecule has 0 aromatic heterocycles. The topological polar surface area (TPSA) is 63.7 Å². The van der Waals surface area contributed by atoms with Crippen LogP contribution in [0, 0.1) is 0 Å². The first-order chi connectivity index (χ1) is 14.8. The molecule has 0 fully saturated rings. The second-order valence-electron chi connectivity index (χ2n) is 6.75. The van der Waals surface area contributed by atoms with Gasteiger partial charge in [0.2, 0.25) is 15.6 Å². The highest BCUT2D eigenvalue weighted by Gasteiger charge is 2.36. The van der Waals surface area contributed by atoms with Crippen LogP contribution in [-0.4, -0.2) is 20.8 Å². The fraction of sp³-hybridized carbons (Fsp3) is 0.0870. The summed E-state index contributed by atoms with van der Waals surface area (Å²) in [4.78, 5) is 14.5. The van der Waals surface area contributed by atoms with E-state index in [1.165, 1.54) is 12.3 Å². The number of hydrogen-bond acceptors (Lipinski definition) is 5. The van der Waals surface area contributed by atoms with Crippen LogP contribution < -0.4 is 9.64 Å². The average Bonchev–Trinajstić information content (AvgIpc) is 2.73. The molecule has 0 bridgehead atoms. The maximum absolute atomic E-state index is 13.3. The summed E-state index contributed by atoms with van der Waals surface area (Å²) in [5, 5.41) is 0.780. The van der Waals surface area contributed by atoms with Crippen molar-refractivity contribution in [2.24, 2.45) is 0 Å². The lowest BCUT2D eigenvalue weighted by atomic mass is 10.1. The van der Waals surface area contributed by atoms with Gasteiger partial charge >= 0.3 is 0 Å². The minimum absolute atomic E-state index is 0.0304. The van der Waals surface area contributed by atoms with Crippen LogP contribution in [0.3, 0.4) is 0 Å². The maximum Gasteiger partial charge on any atom is 0.214 e. The van der Waals surface area contributed by atoms with Crippen molar-refractivity contribution in [2.75, 3.05) is 11.5 Å². The molecule has 0 saturated carbocycles. The van der Waals surface area contributed by atoms with Crippen molar-refractivity contribution >= 4 is 50.2 Å². The number of para-hydroxylation sites is 1. The molecule has 0 amide bonds. The lowest BCUT2D eigenvalue weighted by Crippen LogP contribution is -2.25. The highest BCUT2D eigenvalue weighted by Crippen LogP contribution is 2.41. The van der Waals surface area contributed by atoms with Crippen LogP contribution in [0.2, 0.25) is 10.0 Å². The van der Waals surface area contributed by atoms with Crippen molar-refractivity contribution < 1.29 is 17.9 Å². The molecule has 0 spiro atoms. The molecule has 5 nitrogen and oxygen atoms in total. The third kappa shape index (κ3) is 4.06. The van der Waals surface area contributed by atoms with Gasteiger partial charge in [-0.15, -0.1) is 0 Å². The summed E-state index contributed by atoms with van der Waals surface area (Å²) in [5.74, 6) is -0.0178. The summed E-state index contributed by atoms with van der Waals surface area (Å²) in [5.41, 5.74) is 1.18. The molecule has 0 radical (unpaired) electrons. The number of rotatable bonds is 5. The molecule has 1 aliphatic rings. The van der Waals surface area contributed by atoms with Gasteiger partial charge in [-0.2, -0.15) is 0 Å². The van der Waals surface area contributed by atoms with E-state index in [1.54, 1.807) is 65.6 Å². The highest BCUT2D eigenvalue weighted by atomic mass is 35.5. The van der Waals surface area contributed by atoms with Crippen LogP contribution in [0.5, 0.6) is 5.75 Å². The molecular formula is C23H17Cl2NO4S. The van der Waals surface area contributed by atoms with Gasteiger partial charge < -0.3 is 9.64 Å². The molecular weight excluding hydrogens is 457 g/mol.